The normalized spacial score (nSPS) is 16.4. The van der Waals surface area contributed by atoms with Crippen LogP contribution in [-0.2, 0) is 11.2 Å². The minimum absolute atomic E-state index is 0.239. The van der Waals surface area contributed by atoms with Gasteiger partial charge < -0.3 is 14.7 Å². The zero-order chi connectivity index (χ0) is 21.1. The number of hydrogen-bond acceptors (Lipinski definition) is 5. The number of rotatable bonds is 5. The number of aromatic hydroxyl groups is 1. The zero-order valence-corrected chi connectivity index (χ0v) is 18.0. The summed E-state index contributed by atoms with van der Waals surface area (Å²) in [5.74, 6) is 1.67. The van der Waals surface area contributed by atoms with E-state index in [1.807, 2.05) is 19.1 Å². The molecule has 1 fully saturated rings. The van der Waals surface area contributed by atoms with Gasteiger partial charge in [-0.2, -0.15) is 0 Å². The molecule has 4 rings (SSSR count). The predicted octanol–water partition coefficient (Wildman–Crippen LogP) is 5.96. The van der Waals surface area contributed by atoms with E-state index in [0.717, 1.165) is 48.4 Å². The summed E-state index contributed by atoms with van der Waals surface area (Å²) in [4.78, 5) is 18.9. The second-order valence-electron chi connectivity index (χ2n) is 8.23. The first-order valence-electron chi connectivity index (χ1n) is 10.7. The molecule has 0 saturated heterocycles. The highest BCUT2D eigenvalue weighted by atomic mass is 35.5. The molecule has 1 aliphatic carbocycles. The number of carbonyl (C=O) groups excluding carboxylic acids is 1. The van der Waals surface area contributed by atoms with E-state index >= 15 is 0 Å². The summed E-state index contributed by atoms with van der Waals surface area (Å²) in [6, 6.07) is 7.31. The quantitative estimate of drug-likeness (QED) is 0.573. The molecule has 2 N–H and O–H groups in total. The molecular weight excluding hydrogens is 402 g/mol. The van der Waals surface area contributed by atoms with Crippen molar-refractivity contribution in [2.24, 2.45) is 5.92 Å². The highest BCUT2D eigenvalue weighted by molar-refractivity contribution is 6.32. The van der Waals surface area contributed by atoms with Gasteiger partial charge >= 0.3 is 6.09 Å². The third-order valence-corrected chi connectivity index (χ3v) is 6.35. The molecule has 1 aliphatic heterocycles. The Morgan fingerprint density at radius 1 is 1.30 bits per heavy atom. The maximum absolute atomic E-state index is 12.2. The van der Waals surface area contributed by atoms with Crippen LogP contribution in [0.3, 0.4) is 0 Å². The molecular formula is C23H28ClN3O3. The van der Waals surface area contributed by atoms with E-state index in [-0.39, 0.29) is 10.9 Å². The van der Waals surface area contributed by atoms with E-state index in [2.05, 4.69) is 15.2 Å². The number of hydrogen-bond donors (Lipinski definition) is 2. The lowest BCUT2D eigenvalue weighted by Crippen LogP contribution is -2.25. The Hall–Kier alpha value is -2.47. The van der Waals surface area contributed by atoms with Crippen molar-refractivity contribution >= 4 is 34.9 Å². The molecule has 0 unspecified atom stereocenters. The first-order valence-corrected chi connectivity index (χ1v) is 11.1. The number of aryl methyl sites for hydroxylation is 2. The van der Waals surface area contributed by atoms with Crippen LogP contribution in [0.1, 0.15) is 49.7 Å². The number of benzene rings is 1. The van der Waals surface area contributed by atoms with Gasteiger partial charge in [-0.05, 0) is 67.5 Å². The zero-order valence-electron chi connectivity index (χ0n) is 17.3. The van der Waals surface area contributed by atoms with E-state index in [4.69, 9.17) is 16.3 Å². The summed E-state index contributed by atoms with van der Waals surface area (Å²) in [5, 5.41) is 12.8. The summed E-state index contributed by atoms with van der Waals surface area (Å²) >= 11 is 6.44. The standard InChI is InChI=1S/C23H28ClN3O3/c1-15-13-20(27-11-4-7-17-14-18(28)8-9-19(17)27)25-22(24)21(15)26-23(29)30-12-10-16-5-2-3-6-16/h8-9,13-14,16,28H,2-7,10-12H2,1H3,(H,26,29). The number of fused-ring (bicyclic) bond motifs is 1. The molecule has 160 valence electrons. The van der Waals surface area contributed by atoms with Gasteiger partial charge in [-0.15, -0.1) is 0 Å². The lowest BCUT2D eigenvalue weighted by molar-refractivity contribution is 0.153. The Kier molecular flexibility index (Phi) is 6.32. The lowest BCUT2D eigenvalue weighted by atomic mass is 10.0. The molecule has 1 aromatic carbocycles. The molecule has 30 heavy (non-hydrogen) atoms. The average Bonchev–Trinajstić information content (AvgIpc) is 3.23. The number of nitrogens with one attached hydrogen (secondary N) is 1. The van der Waals surface area contributed by atoms with Crippen LogP contribution in [0.15, 0.2) is 24.3 Å². The smallest absolute Gasteiger partial charge is 0.411 e. The molecule has 7 heteroatoms. The molecule has 1 saturated carbocycles. The first kappa shape index (κ1) is 20.8. The fourth-order valence-electron chi connectivity index (χ4n) is 4.48. The van der Waals surface area contributed by atoms with Crippen LogP contribution in [0.2, 0.25) is 5.15 Å². The molecule has 0 atom stereocenters. The van der Waals surface area contributed by atoms with Crippen molar-refractivity contribution in [3.05, 3.63) is 40.5 Å². The van der Waals surface area contributed by atoms with Crippen LogP contribution in [-0.4, -0.2) is 29.3 Å². The number of anilines is 3. The molecule has 6 nitrogen and oxygen atoms in total. The number of phenolic OH excluding ortho intramolecular Hbond substituents is 1. The lowest BCUT2D eigenvalue weighted by Gasteiger charge is -2.31. The van der Waals surface area contributed by atoms with Crippen molar-refractivity contribution in [2.75, 3.05) is 23.4 Å². The number of phenols is 1. The van der Waals surface area contributed by atoms with Crippen molar-refractivity contribution in [1.82, 2.24) is 4.98 Å². The number of amides is 1. The van der Waals surface area contributed by atoms with Gasteiger partial charge in [0.2, 0.25) is 0 Å². The predicted molar refractivity (Wildman–Crippen MR) is 119 cm³/mol. The van der Waals surface area contributed by atoms with E-state index in [0.29, 0.717) is 18.2 Å². The fourth-order valence-corrected chi connectivity index (χ4v) is 4.77. The van der Waals surface area contributed by atoms with E-state index in [9.17, 15) is 9.90 Å². The van der Waals surface area contributed by atoms with Crippen molar-refractivity contribution in [1.29, 1.82) is 0 Å². The van der Waals surface area contributed by atoms with Gasteiger partial charge in [-0.3, -0.25) is 5.32 Å². The summed E-state index contributed by atoms with van der Waals surface area (Å²) in [7, 11) is 0. The summed E-state index contributed by atoms with van der Waals surface area (Å²) in [5.41, 5.74) is 3.41. The van der Waals surface area contributed by atoms with Gasteiger partial charge in [0.25, 0.3) is 0 Å². The molecule has 1 amide bonds. The van der Waals surface area contributed by atoms with Crippen LogP contribution in [0.25, 0.3) is 0 Å². The minimum atomic E-state index is -0.494. The molecule has 2 heterocycles. The molecule has 0 bridgehead atoms. The van der Waals surface area contributed by atoms with E-state index in [1.165, 1.54) is 25.7 Å². The second kappa shape index (κ2) is 9.13. The van der Waals surface area contributed by atoms with Crippen LogP contribution < -0.4 is 10.2 Å². The Morgan fingerprint density at radius 3 is 2.87 bits per heavy atom. The average molecular weight is 430 g/mol. The van der Waals surface area contributed by atoms with Gasteiger partial charge in [0.05, 0.1) is 12.3 Å². The number of carbonyl (C=O) groups is 1. The van der Waals surface area contributed by atoms with Crippen LogP contribution in [0.5, 0.6) is 5.75 Å². The number of aromatic nitrogens is 1. The van der Waals surface area contributed by atoms with Crippen molar-refractivity contribution < 1.29 is 14.6 Å². The van der Waals surface area contributed by atoms with E-state index < -0.39 is 6.09 Å². The SMILES string of the molecule is Cc1cc(N2CCCc3cc(O)ccc32)nc(Cl)c1NC(=O)OCCC1CCCC1. The Bertz CT molecular complexity index is 905. The first-order chi connectivity index (χ1) is 14.5. The van der Waals surface area contributed by atoms with Gasteiger partial charge in [0, 0.05) is 12.2 Å². The molecule has 1 aromatic heterocycles. The topological polar surface area (TPSA) is 74.7 Å². The van der Waals surface area contributed by atoms with Crippen LogP contribution >= 0.6 is 11.6 Å². The summed E-state index contributed by atoms with van der Waals surface area (Å²) < 4.78 is 5.35. The maximum atomic E-state index is 12.2. The van der Waals surface area contributed by atoms with Crippen molar-refractivity contribution in [3.63, 3.8) is 0 Å². The number of pyridine rings is 1. The van der Waals surface area contributed by atoms with Crippen LogP contribution in [0, 0.1) is 12.8 Å². The molecule has 2 aromatic rings. The highest BCUT2D eigenvalue weighted by Crippen LogP contribution is 2.37. The number of ether oxygens (including phenoxy) is 1. The Labute approximate surface area is 182 Å². The van der Waals surface area contributed by atoms with Crippen LogP contribution in [0.4, 0.5) is 22.0 Å². The molecule has 0 radical (unpaired) electrons. The number of halogens is 1. The van der Waals surface area contributed by atoms with Gasteiger partial charge in [-0.1, -0.05) is 37.3 Å². The monoisotopic (exact) mass is 429 g/mol. The summed E-state index contributed by atoms with van der Waals surface area (Å²) in [6.07, 6.45) is 7.34. The van der Waals surface area contributed by atoms with Gasteiger partial charge in [0.15, 0.2) is 5.15 Å². The molecule has 2 aliphatic rings. The van der Waals surface area contributed by atoms with Crippen molar-refractivity contribution in [3.8, 4) is 5.75 Å². The highest BCUT2D eigenvalue weighted by Gasteiger charge is 2.22. The van der Waals surface area contributed by atoms with Gasteiger partial charge in [0.1, 0.15) is 11.6 Å². The third kappa shape index (κ3) is 4.64. The Morgan fingerprint density at radius 2 is 2.10 bits per heavy atom. The fraction of sp³-hybridized carbons (Fsp3) is 0.478. The summed E-state index contributed by atoms with van der Waals surface area (Å²) in [6.45, 7) is 3.14. The number of nitrogens with zero attached hydrogens (tertiary/aromatic N) is 2. The largest absolute Gasteiger partial charge is 0.508 e. The van der Waals surface area contributed by atoms with E-state index in [1.54, 1.807) is 12.1 Å². The Balaban J connectivity index is 1.44. The second-order valence-corrected chi connectivity index (χ2v) is 8.59. The van der Waals surface area contributed by atoms with Gasteiger partial charge in [-0.25, -0.2) is 9.78 Å². The third-order valence-electron chi connectivity index (χ3n) is 6.08. The maximum Gasteiger partial charge on any atom is 0.411 e. The molecule has 0 spiro atoms. The minimum Gasteiger partial charge on any atom is -0.508 e. The van der Waals surface area contributed by atoms with Crippen molar-refractivity contribution in [2.45, 2.75) is 51.9 Å².